The Bertz CT molecular complexity index is 1090. The number of thiocarbonyl (C=S) groups is 1. The van der Waals surface area contributed by atoms with Crippen LogP contribution in [0.4, 0.5) is 17.6 Å². The van der Waals surface area contributed by atoms with Crippen molar-refractivity contribution >= 4 is 34.9 Å². The molecule has 2 aromatic heterocycles. The Kier molecular flexibility index (Phi) is 7.24. The predicted molar refractivity (Wildman–Crippen MR) is 141 cm³/mol. The summed E-state index contributed by atoms with van der Waals surface area (Å²) in [5, 5.41) is 6.93. The molecule has 2 aliphatic heterocycles. The molecule has 0 atom stereocenters. The van der Waals surface area contributed by atoms with Gasteiger partial charge in [0.1, 0.15) is 23.2 Å². The van der Waals surface area contributed by atoms with Gasteiger partial charge < -0.3 is 24.9 Å². The maximum Gasteiger partial charge on any atom is 0.232 e. The van der Waals surface area contributed by atoms with Crippen LogP contribution in [0.25, 0.3) is 11.3 Å². The van der Waals surface area contributed by atoms with E-state index in [1.807, 2.05) is 42.5 Å². The number of furan rings is 1. The van der Waals surface area contributed by atoms with Crippen molar-refractivity contribution in [3.63, 3.8) is 0 Å². The molecule has 0 amide bonds. The molecular weight excluding hydrogens is 444 g/mol. The normalized spacial score (nSPS) is 16.4. The summed E-state index contributed by atoms with van der Waals surface area (Å²) in [4.78, 5) is 14.4. The van der Waals surface area contributed by atoms with E-state index in [1.54, 1.807) is 0 Å². The number of hydrogen-bond donors (Lipinski definition) is 2. The van der Waals surface area contributed by atoms with Crippen molar-refractivity contribution in [3.8, 4) is 11.3 Å². The smallest absolute Gasteiger partial charge is 0.232 e. The van der Waals surface area contributed by atoms with Gasteiger partial charge in [0.15, 0.2) is 5.11 Å². The molecular formula is C26H32N6OS. The first kappa shape index (κ1) is 22.7. The second-order valence-corrected chi connectivity index (χ2v) is 9.35. The van der Waals surface area contributed by atoms with E-state index in [2.05, 4.69) is 26.5 Å². The fraction of sp³-hybridized carbons (Fsp3) is 0.423. The van der Waals surface area contributed by atoms with Gasteiger partial charge in [-0.1, -0.05) is 43.2 Å². The summed E-state index contributed by atoms with van der Waals surface area (Å²) in [6, 6.07) is 16.2. The Labute approximate surface area is 206 Å². The average Bonchev–Trinajstić information content (AvgIpc) is 3.50. The van der Waals surface area contributed by atoms with Crippen LogP contribution in [0.3, 0.4) is 0 Å². The molecule has 178 valence electrons. The van der Waals surface area contributed by atoms with Crippen molar-refractivity contribution in [3.05, 3.63) is 54.3 Å². The lowest BCUT2D eigenvalue weighted by atomic mass is 10.2. The summed E-state index contributed by atoms with van der Waals surface area (Å²) in [6.07, 6.45) is 7.41. The topological polar surface area (TPSA) is 69.5 Å². The lowest BCUT2D eigenvalue weighted by Gasteiger charge is -2.25. The third-order valence-electron chi connectivity index (χ3n) is 6.43. The van der Waals surface area contributed by atoms with Crippen LogP contribution in [0, 0.1) is 0 Å². The molecule has 2 fully saturated rings. The zero-order valence-corrected chi connectivity index (χ0v) is 20.3. The van der Waals surface area contributed by atoms with Crippen molar-refractivity contribution in [2.45, 2.75) is 45.1 Å². The van der Waals surface area contributed by atoms with Crippen LogP contribution in [-0.4, -0.2) is 41.3 Å². The number of rotatable bonds is 6. The van der Waals surface area contributed by atoms with E-state index in [0.717, 1.165) is 54.9 Å². The van der Waals surface area contributed by atoms with Crippen LogP contribution in [0.15, 0.2) is 52.9 Å². The summed E-state index contributed by atoms with van der Waals surface area (Å²) in [5.41, 5.74) is 1.06. The van der Waals surface area contributed by atoms with Gasteiger partial charge in [0, 0.05) is 37.8 Å². The largest absolute Gasteiger partial charge is 0.459 e. The van der Waals surface area contributed by atoms with Gasteiger partial charge in [-0.05, 0) is 50.0 Å². The molecule has 7 nitrogen and oxygen atoms in total. The summed E-state index contributed by atoms with van der Waals surface area (Å²) >= 11 is 5.56. The minimum absolute atomic E-state index is 0.484. The molecule has 5 rings (SSSR count). The Hall–Kier alpha value is -3.13. The summed E-state index contributed by atoms with van der Waals surface area (Å²) in [7, 11) is 0. The average molecular weight is 477 g/mol. The van der Waals surface area contributed by atoms with Crippen molar-refractivity contribution in [1.82, 2.24) is 15.3 Å². The molecule has 0 unspecified atom stereocenters. The van der Waals surface area contributed by atoms with E-state index in [1.165, 1.54) is 38.5 Å². The molecule has 0 saturated carbocycles. The van der Waals surface area contributed by atoms with Gasteiger partial charge >= 0.3 is 0 Å². The zero-order valence-electron chi connectivity index (χ0n) is 19.5. The standard InChI is InChI=1S/C26H32N6OS/c34-26(27-19-21-12-13-22(33-21)20-10-4-3-5-11-20)30-25-28-23(31-14-6-1-2-7-15-31)18-24(29-25)32-16-8-9-17-32/h3-5,10-13,18H,1-2,6-9,14-17,19H2,(H2,27,28,29,30,34). The van der Waals surface area contributed by atoms with Gasteiger partial charge in [-0.15, -0.1) is 0 Å². The maximum absolute atomic E-state index is 5.97. The van der Waals surface area contributed by atoms with Gasteiger partial charge in [0.2, 0.25) is 5.95 Å². The molecule has 2 aliphatic rings. The van der Waals surface area contributed by atoms with Crippen molar-refractivity contribution in [1.29, 1.82) is 0 Å². The number of aromatic nitrogens is 2. The third-order valence-corrected chi connectivity index (χ3v) is 6.67. The maximum atomic E-state index is 5.97. The molecule has 2 N–H and O–H groups in total. The van der Waals surface area contributed by atoms with Crippen LogP contribution < -0.4 is 20.4 Å². The van der Waals surface area contributed by atoms with E-state index in [9.17, 15) is 0 Å². The van der Waals surface area contributed by atoms with E-state index in [4.69, 9.17) is 26.6 Å². The van der Waals surface area contributed by atoms with Gasteiger partial charge in [0.05, 0.1) is 6.54 Å². The van der Waals surface area contributed by atoms with E-state index < -0.39 is 0 Å². The zero-order chi connectivity index (χ0) is 23.2. The van der Waals surface area contributed by atoms with Gasteiger partial charge in [0.25, 0.3) is 0 Å². The minimum Gasteiger partial charge on any atom is -0.459 e. The summed E-state index contributed by atoms with van der Waals surface area (Å²) in [6.45, 7) is 4.66. The van der Waals surface area contributed by atoms with Crippen molar-refractivity contribution in [2.75, 3.05) is 41.3 Å². The Morgan fingerprint density at radius 3 is 2.09 bits per heavy atom. The number of nitrogens with one attached hydrogen (secondary N) is 2. The van der Waals surface area contributed by atoms with Crippen LogP contribution in [0.1, 0.15) is 44.3 Å². The van der Waals surface area contributed by atoms with Crippen molar-refractivity contribution in [2.24, 2.45) is 0 Å². The van der Waals surface area contributed by atoms with E-state index in [0.29, 0.717) is 17.6 Å². The van der Waals surface area contributed by atoms with Crippen LogP contribution in [0.5, 0.6) is 0 Å². The molecule has 8 heteroatoms. The van der Waals surface area contributed by atoms with Crippen molar-refractivity contribution < 1.29 is 4.42 Å². The highest BCUT2D eigenvalue weighted by Crippen LogP contribution is 2.26. The third kappa shape index (κ3) is 5.67. The molecule has 0 aliphatic carbocycles. The Morgan fingerprint density at radius 1 is 0.824 bits per heavy atom. The van der Waals surface area contributed by atoms with Crippen LogP contribution >= 0.6 is 12.2 Å². The fourth-order valence-corrected chi connectivity index (χ4v) is 4.76. The summed E-state index contributed by atoms with van der Waals surface area (Å²) < 4.78 is 5.97. The van der Waals surface area contributed by atoms with Gasteiger partial charge in [-0.2, -0.15) is 9.97 Å². The SMILES string of the molecule is S=C(NCc1ccc(-c2ccccc2)o1)Nc1nc(N2CCCCCC2)cc(N2CCCC2)n1. The second-order valence-electron chi connectivity index (χ2n) is 8.94. The van der Waals surface area contributed by atoms with Gasteiger partial charge in [-0.25, -0.2) is 0 Å². The van der Waals surface area contributed by atoms with E-state index >= 15 is 0 Å². The highest BCUT2D eigenvalue weighted by molar-refractivity contribution is 7.80. The number of hydrogen-bond acceptors (Lipinski definition) is 6. The lowest BCUT2D eigenvalue weighted by molar-refractivity contribution is 0.516. The number of benzene rings is 1. The Morgan fingerprint density at radius 2 is 1.44 bits per heavy atom. The highest BCUT2D eigenvalue weighted by Gasteiger charge is 2.19. The monoisotopic (exact) mass is 476 g/mol. The van der Waals surface area contributed by atoms with Crippen LogP contribution in [0.2, 0.25) is 0 Å². The van der Waals surface area contributed by atoms with E-state index in [-0.39, 0.29) is 0 Å². The first-order chi connectivity index (χ1) is 16.7. The van der Waals surface area contributed by atoms with Gasteiger partial charge in [-0.3, -0.25) is 0 Å². The highest BCUT2D eigenvalue weighted by atomic mass is 32.1. The molecule has 0 radical (unpaired) electrons. The molecule has 4 heterocycles. The van der Waals surface area contributed by atoms with Crippen LogP contribution in [-0.2, 0) is 6.54 Å². The molecule has 1 aromatic carbocycles. The second kappa shape index (κ2) is 10.9. The fourth-order valence-electron chi connectivity index (χ4n) is 4.59. The summed E-state index contributed by atoms with van der Waals surface area (Å²) in [5.74, 6) is 4.18. The lowest BCUT2D eigenvalue weighted by Crippen LogP contribution is -2.30. The number of nitrogens with zero attached hydrogens (tertiary/aromatic N) is 4. The molecule has 34 heavy (non-hydrogen) atoms. The quantitative estimate of drug-likeness (QED) is 0.470. The molecule has 2 saturated heterocycles. The Balaban J connectivity index is 1.26. The minimum atomic E-state index is 0.484. The molecule has 3 aromatic rings. The predicted octanol–water partition coefficient (Wildman–Crippen LogP) is 5.20. The molecule has 0 bridgehead atoms. The first-order valence-electron chi connectivity index (χ1n) is 12.3. The first-order valence-corrected chi connectivity index (χ1v) is 12.7. The number of anilines is 3. The molecule has 0 spiro atoms.